The highest BCUT2D eigenvalue weighted by Crippen LogP contribution is 2.38. The van der Waals surface area contributed by atoms with Crippen molar-refractivity contribution in [3.63, 3.8) is 0 Å². The second-order valence-electron chi connectivity index (χ2n) is 9.31. The van der Waals surface area contributed by atoms with Gasteiger partial charge in [-0.1, -0.05) is 29.5 Å². The Bertz CT molecular complexity index is 1860. The molecule has 2 N–H and O–H groups in total. The van der Waals surface area contributed by atoms with Crippen molar-refractivity contribution in [2.45, 2.75) is 26.8 Å². The largest absolute Gasteiger partial charge is 0.630 e. The van der Waals surface area contributed by atoms with E-state index in [2.05, 4.69) is 4.99 Å². The normalized spacial score (nSPS) is 16.2. The molecule has 2 aliphatic heterocycles. The molecule has 0 saturated carbocycles. The number of quaternary nitrogens is 1. The Morgan fingerprint density at radius 2 is 2.00 bits per heavy atom. The summed E-state index contributed by atoms with van der Waals surface area (Å²) in [6.07, 6.45) is 1.66. The van der Waals surface area contributed by atoms with Crippen LogP contribution in [0.3, 0.4) is 0 Å². The molecule has 0 radical (unpaired) electrons. The lowest BCUT2D eigenvalue weighted by molar-refractivity contribution is -0.497. The van der Waals surface area contributed by atoms with Gasteiger partial charge < -0.3 is 29.3 Å². The SMILES string of the molecule is CCOC(=O)C1=C(C)N=c2s/c(=C\c3ccc(-c4ccc(C)c([NH2+][O-])c4)o3)c(=O)n2C1c1ccc2c(c1)OCO2. The molecule has 0 aliphatic carbocycles. The zero-order valence-electron chi connectivity index (χ0n) is 21.9. The Hall–Kier alpha value is -4.45. The molecule has 4 aromatic rings. The summed E-state index contributed by atoms with van der Waals surface area (Å²) in [7, 11) is 0. The van der Waals surface area contributed by atoms with Crippen LogP contribution in [0.5, 0.6) is 11.5 Å². The Kier molecular flexibility index (Phi) is 6.62. The van der Waals surface area contributed by atoms with Crippen molar-refractivity contribution in [3.05, 3.63) is 102 Å². The number of thiazole rings is 1. The van der Waals surface area contributed by atoms with Crippen LogP contribution < -0.4 is 29.8 Å². The first kappa shape index (κ1) is 25.8. The van der Waals surface area contributed by atoms with Gasteiger partial charge in [-0.05, 0) is 50.6 Å². The summed E-state index contributed by atoms with van der Waals surface area (Å²) < 4.78 is 24.3. The van der Waals surface area contributed by atoms with E-state index >= 15 is 0 Å². The number of rotatable bonds is 6. The first-order valence-corrected chi connectivity index (χ1v) is 13.4. The Morgan fingerprint density at radius 3 is 2.80 bits per heavy atom. The summed E-state index contributed by atoms with van der Waals surface area (Å²) in [6, 6.07) is 13.6. The van der Waals surface area contributed by atoms with Crippen LogP contribution >= 0.6 is 11.3 Å². The lowest BCUT2D eigenvalue weighted by Crippen LogP contribution is -2.70. The van der Waals surface area contributed by atoms with Crippen molar-refractivity contribution < 1.29 is 28.9 Å². The van der Waals surface area contributed by atoms with Crippen molar-refractivity contribution in [3.8, 4) is 22.8 Å². The van der Waals surface area contributed by atoms with Crippen molar-refractivity contribution >= 4 is 29.1 Å². The summed E-state index contributed by atoms with van der Waals surface area (Å²) >= 11 is 1.20. The van der Waals surface area contributed by atoms with Crippen LogP contribution in [0.25, 0.3) is 17.4 Å². The summed E-state index contributed by atoms with van der Waals surface area (Å²) in [5.41, 5.74) is 4.13. The number of nitrogens with two attached hydrogens (primary N) is 1. The number of fused-ring (bicyclic) bond motifs is 2. The molecule has 6 rings (SSSR count). The predicted octanol–water partition coefficient (Wildman–Crippen LogP) is 2.79. The second kappa shape index (κ2) is 10.3. The molecule has 4 heterocycles. The fraction of sp³-hybridized carbons (Fsp3) is 0.207. The molecule has 40 heavy (non-hydrogen) atoms. The van der Waals surface area contributed by atoms with E-state index in [-0.39, 0.29) is 24.5 Å². The number of aryl methyl sites for hydroxylation is 1. The van der Waals surface area contributed by atoms with E-state index < -0.39 is 12.0 Å². The Morgan fingerprint density at radius 1 is 1.18 bits per heavy atom. The smallest absolute Gasteiger partial charge is 0.338 e. The lowest BCUT2D eigenvalue weighted by atomic mass is 9.95. The summed E-state index contributed by atoms with van der Waals surface area (Å²) in [5.74, 6) is 1.63. The minimum absolute atomic E-state index is 0.103. The lowest BCUT2D eigenvalue weighted by Gasteiger charge is -2.24. The Balaban J connectivity index is 1.46. The van der Waals surface area contributed by atoms with Gasteiger partial charge in [0.05, 0.1) is 28.5 Å². The van der Waals surface area contributed by atoms with Crippen LogP contribution in [-0.2, 0) is 9.53 Å². The molecule has 204 valence electrons. The van der Waals surface area contributed by atoms with Crippen LogP contribution in [0.2, 0.25) is 0 Å². The molecule has 10 nitrogen and oxygen atoms in total. The summed E-state index contributed by atoms with van der Waals surface area (Å²) in [6.45, 7) is 5.62. The zero-order chi connectivity index (χ0) is 28.0. The van der Waals surface area contributed by atoms with Crippen LogP contribution in [0.15, 0.2) is 74.0 Å². The van der Waals surface area contributed by atoms with E-state index in [0.29, 0.717) is 49.3 Å². The molecule has 1 atom stereocenters. The molecule has 0 bridgehead atoms. The number of hydrogen-bond acceptors (Lipinski definition) is 9. The average molecular weight is 560 g/mol. The molecule has 2 aliphatic rings. The molecule has 0 amide bonds. The molecular weight excluding hydrogens is 534 g/mol. The molecule has 11 heteroatoms. The van der Waals surface area contributed by atoms with Crippen LogP contribution in [0.4, 0.5) is 5.69 Å². The maximum atomic E-state index is 13.8. The van der Waals surface area contributed by atoms with Crippen molar-refractivity contribution in [1.29, 1.82) is 0 Å². The first-order chi connectivity index (χ1) is 19.4. The third kappa shape index (κ3) is 4.43. The van der Waals surface area contributed by atoms with E-state index in [9.17, 15) is 14.8 Å². The number of carbonyl (C=O) groups is 1. The number of esters is 1. The van der Waals surface area contributed by atoms with Crippen LogP contribution in [-0.4, -0.2) is 23.9 Å². The van der Waals surface area contributed by atoms with Gasteiger partial charge in [0.15, 0.2) is 16.3 Å². The van der Waals surface area contributed by atoms with Gasteiger partial charge in [-0.3, -0.25) is 9.36 Å². The standard InChI is InChI=1S/C29H25N3O7S/c1-4-36-28(34)25-16(3)30-29-32(26(25)18-7-9-22-23(12-18)38-14-37-22)27(33)24(40-29)13-19-8-10-21(39-19)17-6-5-15(2)20(11-17)31-35/h5-13,26H,4,14,31H2,1-3H3/b24-13-. The van der Waals surface area contributed by atoms with Gasteiger partial charge in [-0.2, -0.15) is 0 Å². The van der Waals surface area contributed by atoms with Gasteiger partial charge >= 0.3 is 5.97 Å². The maximum absolute atomic E-state index is 13.8. The zero-order valence-corrected chi connectivity index (χ0v) is 22.7. The number of allylic oxidation sites excluding steroid dienone is 1. The van der Waals surface area contributed by atoms with E-state index in [0.717, 1.165) is 16.6 Å². The van der Waals surface area contributed by atoms with Crippen molar-refractivity contribution in [2.24, 2.45) is 4.99 Å². The third-order valence-electron chi connectivity index (χ3n) is 6.82. The molecule has 0 fully saturated rings. The van der Waals surface area contributed by atoms with E-state index in [4.69, 9.17) is 18.6 Å². The van der Waals surface area contributed by atoms with Crippen LogP contribution in [0.1, 0.15) is 36.8 Å². The first-order valence-electron chi connectivity index (χ1n) is 12.6. The number of furan rings is 1. The molecule has 0 spiro atoms. The molecule has 0 saturated heterocycles. The summed E-state index contributed by atoms with van der Waals surface area (Å²) in [5, 5.41) is 11.4. The molecule has 1 unspecified atom stereocenters. The van der Waals surface area contributed by atoms with Gasteiger partial charge in [-0.25, -0.2) is 9.79 Å². The minimum atomic E-state index is -0.770. The highest BCUT2D eigenvalue weighted by Gasteiger charge is 2.34. The number of nitrogens with zero attached hydrogens (tertiary/aromatic N) is 2. The van der Waals surface area contributed by atoms with Gasteiger partial charge in [0, 0.05) is 23.3 Å². The average Bonchev–Trinajstić information content (AvgIpc) is 3.68. The second-order valence-corrected chi connectivity index (χ2v) is 10.3. The fourth-order valence-electron chi connectivity index (χ4n) is 4.83. The van der Waals surface area contributed by atoms with Gasteiger partial charge in [0.2, 0.25) is 6.79 Å². The minimum Gasteiger partial charge on any atom is -0.630 e. The van der Waals surface area contributed by atoms with Gasteiger partial charge in [-0.15, -0.1) is 0 Å². The highest BCUT2D eigenvalue weighted by atomic mass is 32.1. The van der Waals surface area contributed by atoms with Crippen molar-refractivity contribution in [1.82, 2.24) is 4.57 Å². The molecular formula is C29H25N3O7S. The Labute approximate surface area is 232 Å². The number of benzene rings is 2. The van der Waals surface area contributed by atoms with E-state index in [1.54, 1.807) is 56.3 Å². The molecule has 2 aromatic carbocycles. The molecule has 2 aromatic heterocycles. The van der Waals surface area contributed by atoms with Gasteiger partial charge in [0.1, 0.15) is 17.2 Å². The fourth-order valence-corrected chi connectivity index (χ4v) is 5.85. The number of aromatic nitrogens is 1. The number of carbonyl (C=O) groups excluding carboxylic acids is 1. The monoisotopic (exact) mass is 559 g/mol. The number of ether oxygens (including phenoxy) is 3. The van der Waals surface area contributed by atoms with E-state index in [1.165, 1.54) is 15.9 Å². The highest BCUT2D eigenvalue weighted by molar-refractivity contribution is 7.07. The maximum Gasteiger partial charge on any atom is 0.338 e. The topological polar surface area (TPSA) is 132 Å². The third-order valence-corrected chi connectivity index (χ3v) is 7.80. The number of hydrogen-bond donors (Lipinski definition) is 1. The van der Waals surface area contributed by atoms with Crippen LogP contribution in [0, 0.1) is 12.1 Å². The quantitative estimate of drug-likeness (QED) is 0.218. The van der Waals surface area contributed by atoms with E-state index in [1.807, 2.05) is 19.1 Å². The predicted molar refractivity (Wildman–Crippen MR) is 147 cm³/mol. The van der Waals surface area contributed by atoms with Gasteiger partial charge in [0.25, 0.3) is 5.56 Å². The van der Waals surface area contributed by atoms with Crippen molar-refractivity contribution in [2.75, 3.05) is 13.4 Å². The summed E-state index contributed by atoms with van der Waals surface area (Å²) in [4.78, 5) is 32.0.